The zero-order valence-corrected chi connectivity index (χ0v) is 14.2. The molecule has 116 valence electrons. The Balaban J connectivity index is 1.80. The predicted octanol–water partition coefficient (Wildman–Crippen LogP) is 4.45. The topological polar surface area (TPSA) is 46.9 Å². The van der Waals surface area contributed by atoms with Crippen LogP contribution in [-0.4, -0.2) is 15.7 Å². The van der Waals surface area contributed by atoms with Gasteiger partial charge in [-0.15, -0.1) is 0 Å². The number of aromatic nitrogens is 2. The molecule has 0 fully saturated rings. The average molecular weight is 370 g/mol. The molecule has 0 saturated heterocycles. The first-order chi connectivity index (χ1) is 11.2. The lowest BCUT2D eigenvalue weighted by Gasteiger charge is -2.08. The Morgan fingerprint density at radius 3 is 2.65 bits per heavy atom. The number of para-hydroxylation sites is 1. The Bertz CT molecular complexity index is 824. The van der Waals surface area contributed by atoms with E-state index in [0.29, 0.717) is 5.56 Å². The quantitative estimate of drug-likeness (QED) is 0.738. The van der Waals surface area contributed by atoms with Gasteiger partial charge >= 0.3 is 0 Å². The number of carbonyl (C=O) groups is 1. The van der Waals surface area contributed by atoms with Crippen LogP contribution in [0.4, 0.5) is 5.69 Å². The number of hydrogen-bond donors (Lipinski definition) is 1. The fourth-order valence-corrected chi connectivity index (χ4v) is 2.58. The summed E-state index contributed by atoms with van der Waals surface area (Å²) in [6, 6.07) is 15.6. The number of nitrogens with one attached hydrogen (secondary N) is 1. The predicted molar refractivity (Wildman–Crippen MR) is 95.0 cm³/mol. The van der Waals surface area contributed by atoms with E-state index in [1.54, 1.807) is 17.1 Å². The maximum atomic E-state index is 12.4. The zero-order chi connectivity index (χ0) is 16.2. The maximum absolute atomic E-state index is 12.4. The van der Waals surface area contributed by atoms with Crippen molar-refractivity contribution in [2.75, 3.05) is 5.32 Å². The van der Waals surface area contributed by atoms with Crippen LogP contribution < -0.4 is 5.32 Å². The zero-order valence-electron chi connectivity index (χ0n) is 12.7. The molecule has 0 radical (unpaired) electrons. The van der Waals surface area contributed by atoms with Crippen LogP contribution in [-0.2, 0) is 6.42 Å². The van der Waals surface area contributed by atoms with Crippen LogP contribution in [0.1, 0.15) is 22.8 Å². The number of halogens is 1. The van der Waals surface area contributed by atoms with E-state index < -0.39 is 0 Å². The summed E-state index contributed by atoms with van der Waals surface area (Å²) in [6.45, 7) is 2.07. The molecule has 1 amide bonds. The van der Waals surface area contributed by atoms with Gasteiger partial charge in [-0.1, -0.05) is 41.1 Å². The minimum absolute atomic E-state index is 0.158. The van der Waals surface area contributed by atoms with E-state index in [9.17, 15) is 4.79 Å². The normalized spacial score (nSPS) is 10.5. The van der Waals surface area contributed by atoms with Crippen molar-refractivity contribution in [3.63, 3.8) is 0 Å². The van der Waals surface area contributed by atoms with Crippen molar-refractivity contribution in [3.8, 4) is 5.69 Å². The molecule has 0 saturated carbocycles. The average Bonchev–Trinajstić information content (AvgIpc) is 3.06. The molecule has 0 unspecified atom stereocenters. The third-order valence-electron chi connectivity index (χ3n) is 3.58. The Kier molecular flexibility index (Phi) is 4.57. The third-order valence-corrected chi connectivity index (χ3v) is 4.11. The molecular formula is C18H16BrN3O. The first-order valence-electron chi connectivity index (χ1n) is 7.37. The number of benzene rings is 2. The van der Waals surface area contributed by atoms with E-state index in [1.807, 2.05) is 48.5 Å². The summed E-state index contributed by atoms with van der Waals surface area (Å²) in [5.74, 6) is -0.158. The summed E-state index contributed by atoms with van der Waals surface area (Å²) in [7, 11) is 0. The summed E-state index contributed by atoms with van der Waals surface area (Å²) in [6.07, 6.45) is 4.17. The Labute approximate surface area is 143 Å². The second-order valence-electron chi connectivity index (χ2n) is 5.11. The molecule has 1 aromatic heterocycles. The second-order valence-corrected chi connectivity index (χ2v) is 6.03. The molecule has 3 rings (SSSR count). The largest absolute Gasteiger partial charge is 0.322 e. The fraction of sp³-hybridized carbons (Fsp3) is 0.111. The van der Waals surface area contributed by atoms with Gasteiger partial charge in [-0.25, -0.2) is 4.68 Å². The highest BCUT2D eigenvalue weighted by molar-refractivity contribution is 9.10. The molecule has 0 atom stereocenters. The highest BCUT2D eigenvalue weighted by Crippen LogP contribution is 2.18. The van der Waals surface area contributed by atoms with E-state index in [1.165, 1.54) is 0 Å². The standard InChI is InChI=1S/C18H16BrN3O/c1-2-13-5-3-4-6-17(13)21-18(23)14-11-20-22(12-14)16-9-7-15(19)8-10-16/h3-12H,2H2,1H3,(H,21,23). The first-order valence-corrected chi connectivity index (χ1v) is 8.16. The molecule has 2 aromatic carbocycles. The third kappa shape index (κ3) is 3.51. The minimum Gasteiger partial charge on any atom is -0.322 e. The summed E-state index contributed by atoms with van der Waals surface area (Å²) >= 11 is 3.40. The van der Waals surface area contributed by atoms with E-state index in [-0.39, 0.29) is 5.91 Å². The van der Waals surface area contributed by atoms with E-state index >= 15 is 0 Å². The number of rotatable bonds is 4. The Hall–Kier alpha value is -2.40. The molecule has 3 aromatic rings. The van der Waals surface area contributed by atoms with Crippen molar-refractivity contribution < 1.29 is 4.79 Å². The molecule has 1 heterocycles. The molecule has 0 aliphatic heterocycles. The van der Waals surface area contributed by atoms with Gasteiger partial charge in [0.05, 0.1) is 17.4 Å². The highest BCUT2D eigenvalue weighted by Gasteiger charge is 2.11. The Morgan fingerprint density at radius 2 is 1.91 bits per heavy atom. The van der Waals surface area contributed by atoms with Gasteiger partial charge in [-0.3, -0.25) is 4.79 Å². The number of nitrogens with zero attached hydrogens (tertiary/aromatic N) is 2. The number of carbonyl (C=O) groups excluding carboxylic acids is 1. The van der Waals surface area contributed by atoms with Crippen LogP contribution in [0, 0.1) is 0 Å². The Morgan fingerprint density at radius 1 is 1.17 bits per heavy atom. The van der Waals surface area contributed by atoms with Crippen LogP contribution in [0.2, 0.25) is 0 Å². The fourth-order valence-electron chi connectivity index (χ4n) is 2.32. The highest BCUT2D eigenvalue weighted by atomic mass is 79.9. The summed E-state index contributed by atoms with van der Waals surface area (Å²) in [4.78, 5) is 12.4. The van der Waals surface area contributed by atoms with Gasteiger partial charge in [-0.05, 0) is 42.3 Å². The van der Waals surface area contributed by atoms with Crippen LogP contribution in [0.3, 0.4) is 0 Å². The summed E-state index contributed by atoms with van der Waals surface area (Å²) in [5.41, 5.74) is 3.39. The lowest BCUT2D eigenvalue weighted by Crippen LogP contribution is -2.12. The molecule has 23 heavy (non-hydrogen) atoms. The maximum Gasteiger partial charge on any atom is 0.258 e. The van der Waals surface area contributed by atoms with Crippen molar-refractivity contribution in [1.82, 2.24) is 9.78 Å². The van der Waals surface area contributed by atoms with Gasteiger partial charge in [0, 0.05) is 16.4 Å². The van der Waals surface area contributed by atoms with Crippen LogP contribution in [0.15, 0.2) is 65.4 Å². The summed E-state index contributed by atoms with van der Waals surface area (Å²) < 4.78 is 2.69. The van der Waals surface area contributed by atoms with Gasteiger partial charge in [0.15, 0.2) is 0 Å². The minimum atomic E-state index is -0.158. The molecule has 0 spiro atoms. The van der Waals surface area contributed by atoms with Crippen molar-refractivity contribution in [2.24, 2.45) is 0 Å². The molecule has 0 aliphatic rings. The van der Waals surface area contributed by atoms with Crippen LogP contribution in [0.25, 0.3) is 5.69 Å². The molecule has 0 bridgehead atoms. The number of amides is 1. The van der Waals surface area contributed by atoms with Gasteiger partial charge in [0.25, 0.3) is 5.91 Å². The van der Waals surface area contributed by atoms with Gasteiger partial charge in [0.1, 0.15) is 0 Å². The molecular weight excluding hydrogens is 354 g/mol. The van der Waals surface area contributed by atoms with Crippen molar-refractivity contribution >= 4 is 27.5 Å². The SMILES string of the molecule is CCc1ccccc1NC(=O)c1cnn(-c2ccc(Br)cc2)c1. The lowest BCUT2D eigenvalue weighted by molar-refractivity contribution is 0.102. The van der Waals surface area contributed by atoms with E-state index in [2.05, 4.69) is 33.3 Å². The summed E-state index contributed by atoms with van der Waals surface area (Å²) in [5, 5.41) is 7.21. The van der Waals surface area contributed by atoms with Crippen LogP contribution >= 0.6 is 15.9 Å². The van der Waals surface area contributed by atoms with Gasteiger partial charge in [0.2, 0.25) is 0 Å². The smallest absolute Gasteiger partial charge is 0.258 e. The van der Waals surface area contributed by atoms with Crippen molar-refractivity contribution in [1.29, 1.82) is 0 Å². The molecule has 4 nitrogen and oxygen atoms in total. The number of hydrogen-bond acceptors (Lipinski definition) is 2. The first kappa shape index (κ1) is 15.5. The molecule has 0 aliphatic carbocycles. The van der Waals surface area contributed by atoms with E-state index in [0.717, 1.165) is 27.8 Å². The van der Waals surface area contributed by atoms with Crippen molar-refractivity contribution in [3.05, 3.63) is 76.5 Å². The van der Waals surface area contributed by atoms with E-state index in [4.69, 9.17) is 0 Å². The van der Waals surface area contributed by atoms with Crippen LogP contribution in [0.5, 0.6) is 0 Å². The second kappa shape index (κ2) is 6.79. The number of anilines is 1. The van der Waals surface area contributed by atoms with Gasteiger partial charge < -0.3 is 5.32 Å². The lowest BCUT2D eigenvalue weighted by atomic mass is 10.1. The monoisotopic (exact) mass is 369 g/mol. The number of aryl methyl sites for hydroxylation is 1. The van der Waals surface area contributed by atoms with Gasteiger partial charge in [-0.2, -0.15) is 5.10 Å². The molecule has 1 N–H and O–H groups in total. The molecule has 5 heteroatoms. The van der Waals surface area contributed by atoms with Crippen molar-refractivity contribution in [2.45, 2.75) is 13.3 Å².